The summed E-state index contributed by atoms with van der Waals surface area (Å²) in [5.74, 6) is 0.991. The first-order valence-electron chi connectivity index (χ1n) is 6.42. The monoisotopic (exact) mass is 234 g/mol. The van der Waals surface area contributed by atoms with Crippen molar-refractivity contribution in [3.05, 3.63) is 42.5 Å². The minimum Gasteiger partial charge on any atom is -0.487 e. The van der Waals surface area contributed by atoms with Gasteiger partial charge >= 0.3 is 0 Å². The lowest BCUT2D eigenvalue weighted by Gasteiger charge is -2.11. The zero-order valence-electron chi connectivity index (χ0n) is 11.0. The molecule has 0 radical (unpaired) electrons. The molecule has 0 spiro atoms. The van der Waals surface area contributed by atoms with Crippen molar-refractivity contribution in [2.75, 3.05) is 13.2 Å². The smallest absolute Gasteiger partial charge is 0.137 e. The number of para-hydroxylation sites is 1. The third kappa shape index (κ3) is 5.05. The maximum atomic E-state index is 5.81. The summed E-state index contributed by atoms with van der Waals surface area (Å²) in [4.78, 5) is 0. The molecular weight excluding hydrogens is 210 g/mol. The molecule has 0 bridgehead atoms. The van der Waals surface area contributed by atoms with E-state index >= 15 is 0 Å². The van der Waals surface area contributed by atoms with Gasteiger partial charge in [-0.25, -0.2) is 0 Å². The maximum absolute atomic E-state index is 5.81. The fourth-order valence-electron chi connectivity index (χ4n) is 1.66. The number of quaternary nitrogens is 1. The van der Waals surface area contributed by atoms with Crippen molar-refractivity contribution < 1.29 is 10.1 Å². The molecule has 0 unspecified atom stereocenters. The van der Waals surface area contributed by atoms with E-state index < -0.39 is 0 Å². The van der Waals surface area contributed by atoms with Crippen LogP contribution in [-0.2, 0) is 6.42 Å². The van der Waals surface area contributed by atoms with Gasteiger partial charge in [0.1, 0.15) is 18.9 Å². The quantitative estimate of drug-likeness (QED) is 0.541. The maximum Gasteiger partial charge on any atom is 0.137 e. The highest BCUT2D eigenvalue weighted by molar-refractivity contribution is 5.34. The molecular formula is C15H24NO+. The van der Waals surface area contributed by atoms with Crippen LogP contribution in [0.4, 0.5) is 0 Å². The van der Waals surface area contributed by atoms with Gasteiger partial charge in [-0.1, -0.05) is 31.2 Å². The number of nitrogens with two attached hydrogens (primary N) is 1. The fraction of sp³-hybridized carbons (Fsp3) is 0.467. The van der Waals surface area contributed by atoms with Crippen LogP contribution in [0.1, 0.15) is 25.8 Å². The molecule has 0 aromatic heterocycles. The van der Waals surface area contributed by atoms with Gasteiger partial charge in [0.25, 0.3) is 0 Å². The van der Waals surface area contributed by atoms with Gasteiger partial charge in [0.15, 0.2) is 0 Å². The van der Waals surface area contributed by atoms with Gasteiger partial charge < -0.3 is 10.1 Å². The summed E-state index contributed by atoms with van der Waals surface area (Å²) >= 11 is 0. The zero-order valence-corrected chi connectivity index (χ0v) is 11.0. The third-order valence-corrected chi connectivity index (χ3v) is 2.93. The molecule has 2 heteroatoms. The van der Waals surface area contributed by atoms with Gasteiger partial charge in [0.05, 0.1) is 6.04 Å². The van der Waals surface area contributed by atoms with Gasteiger partial charge in [-0.15, -0.1) is 6.58 Å². The lowest BCUT2D eigenvalue weighted by atomic mass is 10.1. The Morgan fingerprint density at radius 2 is 2.18 bits per heavy atom. The molecule has 94 valence electrons. The minimum absolute atomic E-state index is 0.682. The van der Waals surface area contributed by atoms with Crippen LogP contribution in [-0.4, -0.2) is 19.2 Å². The lowest BCUT2D eigenvalue weighted by Crippen LogP contribution is -2.90. The highest BCUT2D eigenvalue weighted by atomic mass is 16.5. The van der Waals surface area contributed by atoms with Crippen LogP contribution in [0.3, 0.4) is 0 Å². The Morgan fingerprint density at radius 1 is 1.41 bits per heavy atom. The van der Waals surface area contributed by atoms with Crippen molar-refractivity contribution in [3.8, 4) is 5.75 Å². The normalized spacial score (nSPS) is 12.1. The first kappa shape index (κ1) is 13.8. The highest BCUT2D eigenvalue weighted by Crippen LogP contribution is 2.18. The molecule has 1 aromatic rings. The van der Waals surface area contributed by atoms with Crippen molar-refractivity contribution in [1.82, 2.24) is 0 Å². The second kappa shape index (κ2) is 7.91. The fourth-order valence-corrected chi connectivity index (χ4v) is 1.66. The molecule has 0 amide bonds. The average molecular weight is 234 g/mol. The number of benzene rings is 1. The van der Waals surface area contributed by atoms with Crippen LogP contribution in [0.15, 0.2) is 36.9 Å². The van der Waals surface area contributed by atoms with Gasteiger partial charge in [-0.05, 0) is 31.4 Å². The number of allylic oxidation sites excluding steroid dienone is 1. The third-order valence-electron chi connectivity index (χ3n) is 2.93. The summed E-state index contributed by atoms with van der Waals surface area (Å²) in [5, 5.41) is 2.33. The summed E-state index contributed by atoms with van der Waals surface area (Å²) in [7, 11) is 0. The lowest BCUT2D eigenvalue weighted by molar-refractivity contribution is -0.686. The van der Waals surface area contributed by atoms with Crippen molar-refractivity contribution in [1.29, 1.82) is 0 Å². The molecule has 0 aliphatic heterocycles. The Kier molecular flexibility index (Phi) is 6.41. The molecule has 0 saturated heterocycles. The molecule has 2 N–H and O–H groups in total. The highest BCUT2D eigenvalue weighted by Gasteiger charge is 2.03. The first-order valence-corrected chi connectivity index (χ1v) is 6.42. The molecule has 0 heterocycles. The summed E-state index contributed by atoms with van der Waals surface area (Å²) in [5.41, 5.74) is 1.21. The van der Waals surface area contributed by atoms with E-state index in [9.17, 15) is 0 Å². The Morgan fingerprint density at radius 3 is 2.88 bits per heavy atom. The van der Waals surface area contributed by atoms with E-state index in [0.29, 0.717) is 6.04 Å². The first-order chi connectivity index (χ1) is 8.27. The van der Waals surface area contributed by atoms with Crippen molar-refractivity contribution in [2.45, 2.75) is 32.7 Å². The van der Waals surface area contributed by atoms with Crippen LogP contribution in [0.25, 0.3) is 0 Å². The van der Waals surface area contributed by atoms with Crippen molar-refractivity contribution >= 4 is 0 Å². The Bertz CT molecular complexity index is 335. The topological polar surface area (TPSA) is 25.8 Å². The summed E-state index contributed by atoms with van der Waals surface area (Å²) in [6.45, 7) is 9.99. The zero-order chi connectivity index (χ0) is 12.5. The Labute approximate surface area is 105 Å². The van der Waals surface area contributed by atoms with E-state index in [1.54, 1.807) is 0 Å². The predicted octanol–water partition coefficient (Wildman–Crippen LogP) is 2.16. The van der Waals surface area contributed by atoms with E-state index in [1.807, 2.05) is 24.3 Å². The average Bonchev–Trinajstić information content (AvgIpc) is 2.36. The standard InChI is InChI=1S/C15H23NO/c1-4-8-14-9-6-7-10-15(14)17-12-11-16-13(3)5-2/h4,6-7,9-10,13,16H,1,5,8,11-12H2,2-3H3/p+1/t13-/m0/s1. The molecule has 1 atom stereocenters. The van der Waals surface area contributed by atoms with Gasteiger partial charge in [-0.3, -0.25) is 0 Å². The summed E-state index contributed by atoms with van der Waals surface area (Å²) < 4.78 is 5.81. The second-order valence-corrected chi connectivity index (χ2v) is 4.36. The SMILES string of the molecule is C=CCc1ccccc1OCC[NH2+][C@@H](C)CC. The van der Waals surface area contributed by atoms with Crippen LogP contribution >= 0.6 is 0 Å². The van der Waals surface area contributed by atoms with E-state index in [0.717, 1.165) is 25.3 Å². The van der Waals surface area contributed by atoms with E-state index in [1.165, 1.54) is 12.0 Å². The van der Waals surface area contributed by atoms with Crippen LogP contribution < -0.4 is 10.1 Å². The van der Waals surface area contributed by atoms with E-state index in [2.05, 4.69) is 31.8 Å². The number of hydrogen-bond acceptors (Lipinski definition) is 1. The van der Waals surface area contributed by atoms with Crippen LogP contribution in [0.2, 0.25) is 0 Å². The molecule has 2 nitrogen and oxygen atoms in total. The predicted molar refractivity (Wildman–Crippen MR) is 72.4 cm³/mol. The van der Waals surface area contributed by atoms with Gasteiger partial charge in [0.2, 0.25) is 0 Å². The Hall–Kier alpha value is -1.28. The largest absolute Gasteiger partial charge is 0.487 e. The number of ether oxygens (including phenoxy) is 1. The molecule has 0 fully saturated rings. The van der Waals surface area contributed by atoms with E-state index in [4.69, 9.17) is 4.74 Å². The van der Waals surface area contributed by atoms with Crippen LogP contribution in [0.5, 0.6) is 5.75 Å². The minimum atomic E-state index is 0.682. The molecule has 1 aromatic carbocycles. The number of hydrogen-bond donors (Lipinski definition) is 1. The Balaban J connectivity index is 2.38. The second-order valence-electron chi connectivity index (χ2n) is 4.36. The van der Waals surface area contributed by atoms with E-state index in [-0.39, 0.29) is 0 Å². The molecule has 0 aliphatic rings. The molecule has 17 heavy (non-hydrogen) atoms. The van der Waals surface area contributed by atoms with Gasteiger partial charge in [-0.2, -0.15) is 0 Å². The van der Waals surface area contributed by atoms with Crippen molar-refractivity contribution in [3.63, 3.8) is 0 Å². The molecule has 0 saturated carbocycles. The van der Waals surface area contributed by atoms with Crippen molar-refractivity contribution in [2.24, 2.45) is 0 Å². The van der Waals surface area contributed by atoms with Gasteiger partial charge in [0, 0.05) is 0 Å². The van der Waals surface area contributed by atoms with Crippen LogP contribution in [0, 0.1) is 0 Å². The number of rotatable bonds is 8. The summed E-state index contributed by atoms with van der Waals surface area (Å²) in [6.07, 6.45) is 3.98. The molecule has 1 rings (SSSR count). The molecule has 0 aliphatic carbocycles. The summed E-state index contributed by atoms with van der Waals surface area (Å²) in [6, 6.07) is 8.86.